The number of amides is 1. The smallest absolute Gasteiger partial charge is 0.310 e. The van der Waals surface area contributed by atoms with Gasteiger partial charge in [0.15, 0.2) is 0 Å². The minimum Gasteiger partial charge on any atom is -0.466 e. The number of likely N-dealkylation sites (tertiary alicyclic amines) is 1. The fourth-order valence-electron chi connectivity index (χ4n) is 2.82. The van der Waals surface area contributed by atoms with Gasteiger partial charge in [-0.2, -0.15) is 0 Å². The zero-order chi connectivity index (χ0) is 16.9. The molecule has 1 atom stereocenters. The summed E-state index contributed by atoms with van der Waals surface area (Å²) in [5.74, 6) is -0.612. The molecule has 2 aromatic rings. The topological polar surface area (TPSA) is 77.3 Å². The van der Waals surface area contributed by atoms with E-state index in [9.17, 15) is 9.59 Å². The summed E-state index contributed by atoms with van der Waals surface area (Å²) in [6, 6.07) is 9.48. The number of ether oxygens (including phenoxy) is 1. The number of piperidine rings is 1. The first kappa shape index (κ1) is 16.2. The van der Waals surface area contributed by atoms with Crippen LogP contribution in [0, 0.1) is 5.92 Å². The van der Waals surface area contributed by atoms with Crippen molar-refractivity contribution in [3.05, 3.63) is 42.5 Å². The molecule has 0 radical (unpaired) electrons. The van der Waals surface area contributed by atoms with Crippen LogP contribution in [0.1, 0.15) is 30.4 Å². The SMILES string of the molecule is CCOC(=O)C1CCCN(C(=O)c2ncn(-c3ccccc3)n2)C1. The molecule has 1 unspecified atom stereocenters. The van der Waals surface area contributed by atoms with Gasteiger partial charge in [-0.25, -0.2) is 9.67 Å². The Morgan fingerprint density at radius 3 is 2.83 bits per heavy atom. The van der Waals surface area contributed by atoms with E-state index >= 15 is 0 Å². The van der Waals surface area contributed by atoms with Gasteiger partial charge in [0, 0.05) is 13.1 Å². The second kappa shape index (κ2) is 7.25. The summed E-state index contributed by atoms with van der Waals surface area (Å²) in [4.78, 5) is 30.3. The predicted octanol–water partition coefficient (Wildman–Crippen LogP) is 1.68. The lowest BCUT2D eigenvalue weighted by Crippen LogP contribution is -2.43. The van der Waals surface area contributed by atoms with E-state index < -0.39 is 0 Å². The molecule has 0 spiro atoms. The summed E-state index contributed by atoms with van der Waals surface area (Å²) < 4.78 is 6.63. The molecule has 1 amide bonds. The van der Waals surface area contributed by atoms with Gasteiger partial charge < -0.3 is 9.64 Å². The Kier molecular flexibility index (Phi) is 4.88. The van der Waals surface area contributed by atoms with Crippen molar-refractivity contribution in [2.45, 2.75) is 19.8 Å². The van der Waals surface area contributed by atoms with Gasteiger partial charge in [-0.05, 0) is 31.9 Å². The zero-order valence-electron chi connectivity index (χ0n) is 13.6. The molecule has 1 aliphatic heterocycles. The number of benzene rings is 1. The molecule has 0 aliphatic carbocycles. The van der Waals surface area contributed by atoms with E-state index in [0.717, 1.165) is 18.5 Å². The molecule has 1 fully saturated rings. The third-order valence-corrected chi connectivity index (χ3v) is 4.03. The summed E-state index contributed by atoms with van der Waals surface area (Å²) in [5, 5.41) is 4.26. The number of carbonyl (C=O) groups is 2. The molecule has 7 nitrogen and oxygen atoms in total. The molecular weight excluding hydrogens is 308 g/mol. The number of rotatable bonds is 4. The molecule has 7 heteroatoms. The highest BCUT2D eigenvalue weighted by atomic mass is 16.5. The van der Waals surface area contributed by atoms with Crippen molar-refractivity contribution >= 4 is 11.9 Å². The normalized spacial score (nSPS) is 17.5. The minimum atomic E-state index is -0.265. The van der Waals surface area contributed by atoms with Crippen molar-refractivity contribution in [1.29, 1.82) is 0 Å². The van der Waals surface area contributed by atoms with Crippen molar-refractivity contribution in [3.8, 4) is 5.69 Å². The Morgan fingerprint density at radius 1 is 1.29 bits per heavy atom. The summed E-state index contributed by atoms with van der Waals surface area (Å²) in [7, 11) is 0. The van der Waals surface area contributed by atoms with Gasteiger partial charge in [-0.3, -0.25) is 9.59 Å². The molecule has 0 N–H and O–H groups in total. The second-order valence-corrected chi connectivity index (χ2v) is 5.69. The third kappa shape index (κ3) is 3.45. The van der Waals surface area contributed by atoms with Crippen molar-refractivity contribution in [2.24, 2.45) is 5.92 Å². The Labute approximate surface area is 140 Å². The number of esters is 1. The van der Waals surface area contributed by atoms with Crippen LogP contribution in [0.4, 0.5) is 0 Å². The summed E-state index contributed by atoms with van der Waals surface area (Å²) in [5.41, 5.74) is 0.840. The van der Waals surface area contributed by atoms with Crippen LogP contribution in [0.5, 0.6) is 0 Å². The number of nitrogens with zero attached hydrogens (tertiary/aromatic N) is 4. The Balaban J connectivity index is 1.70. The fourth-order valence-corrected chi connectivity index (χ4v) is 2.82. The summed E-state index contributed by atoms with van der Waals surface area (Å²) >= 11 is 0. The highest BCUT2D eigenvalue weighted by Crippen LogP contribution is 2.19. The van der Waals surface area contributed by atoms with Crippen LogP contribution in [0.15, 0.2) is 36.7 Å². The molecule has 1 aromatic heterocycles. The van der Waals surface area contributed by atoms with Crippen LogP contribution in [-0.2, 0) is 9.53 Å². The predicted molar refractivity (Wildman–Crippen MR) is 86.6 cm³/mol. The lowest BCUT2D eigenvalue weighted by molar-refractivity contribution is -0.149. The van der Waals surface area contributed by atoms with E-state index in [1.807, 2.05) is 30.3 Å². The van der Waals surface area contributed by atoms with Crippen LogP contribution >= 0.6 is 0 Å². The van der Waals surface area contributed by atoms with Crippen LogP contribution in [0.25, 0.3) is 5.69 Å². The van der Waals surface area contributed by atoms with E-state index in [4.69, 9.17) is 4.74 Å². The average Bonchev–Trinajstić information content (AvgIpc) is 3.12. The number of para-hydroxylation sites is 1. The fraction of sp³-hybridized carbons (Fsp3) is 0.412. The van der Waals surface area contributed by atoms with Gasteiger partial charge in [0.2, 0.25) is 5.82 Å². The quantitative estimate of drug-likeness (QED) is 0.798. The molecule has 0 bridgehead atoms. The molecule has 1 saturated heterocycles. The van der Waals surface area contributed by atoms with Crippen LogP contribution < -0.4 is 0 Å². The molecule has 2 heterocycles. The van der Waals surface area contributed by atoms with E-state index in [-0.39, 0.29) is 23.6 Å². The van der Waals surface area contributed by atoms with Crippen LogP contribution in [0.2, 0.25) is 0 Å². The first-order chi connectivity index (χ1) is 11.7. The largest absolute Gasteiger partial charge is 0.466 e. The third-order valence-electron chi connectivity index (χ3n) is 4.03. The maximum atomic E-state index is 12.6. The highest BCUT2D eigenvalue weighted by Gasteiger charge is 2.31. The van der Waals surface area contributed by atoms with Crippen molar-refractivity contribution in [3.63, 3.8) is 0 Å². The number of hydrogen-bond acceptors (Lipinski definition) is 5. The number of carbonyl (C=O) groups excluding carboxylic acids is 2. The first-order valence-corrected chi connectivity index (χ1v) is 8.12. The van der Waals surface area contributed by atoms with Gasteiger partial charge >= 0.3 is 5.97 Å². The standard InChI is InChI=1S/C17H20N4O3/c1-2-24-17(23)13-7-6-10-20(11-13)16(22)15-18-12-21(19-15)14-8-4-3-5-9-14/h3-5,8-9,12-13H,2,6-7,10-11H2,1H3. The average molecular weight is 328 g/mol. The lowest BCUT2D eigenvalue weighted by atomic mass is 9.98. The van der Waals surface area contributed by atoms with Crippen molar-refractivity contribution in [2.75, 3.05) is 19.7 Å². The highest BCUT2D eigenvalue weighted by molar-refractivity contribution is 5.90. The Hall–Kier alpha value is -2.70. The zero-order valence-corrected chi connectivity index (χ0v) is 13.6. The van der Waals surface area contributed by atoms with E-state index in [1.165, 1.54) is 6.33 Å². The summed E-state index contributed by atoms with van der Waals surface area (Å²) in [6.07, 6.45) is 3.04. The van der Waals surface area contributed by atoms with Gasteiger partial charge in [0.05, 0.1) is 18.2 Å². The van der Waals surface area contributed by atoms with Gasteiger partial charge in [0.1, 0.15) is 6.33 Å². The van der Waals surface area contributed by atoms with Gasteiger partial charge in [0.25, 0.3) is 5.91 Å². The van der Waals surface area contributed by atoms with E-state index in [1.54, 1.807) is 16.5 Å². The number of hydrogen-bond donors (Lipinski definition) is 0. The maximum absolute atomic E-state index is 12.6. The van der Waals surface area contributed by atoms with Crippen LogP contribution in [-0.4, -0.2) is 51.2 Å². The minimum absolute atomic E-state index is 0.142. The van der Waals surface area contributed by atoms with E-state index in [2.05, 4.69) is 10.1 Å². The summed E-state index contributed by atoms with van der Waals surface area (Å²) in [6.45, 7) is 3.10. The maximum Gasteiger partial charge on any atom is 0.310 e. The Morgan fingerprint density at radius 2 is 2.08 bits per heavy atom. The van der Waals surface area contributed by atoms with Gasteiger partial charge in [-0.15, -0.1) is 5.10 Å². The second-order valence-electron chi connectivity index (χ2n) is 5.69. The number of aromatic nitrogens is 3. The van der Waals surface area contributed by atoms with Gasteiger partial charge in [-0.1, -0.05) is 18.2 Å². The molecule has 0 saturated carbocycles. The molecular formula is C17H20N4O3. The molecule has 1 aliphatic rings. The molecule has 3 rings (SSSR count). The molecule has 1 aromatic carbocycles. The molecule has 24 heavy (non-hydrogen) atoms. The monoisotopic (exact) mass is 328 g/mol. The lowest BCUT2D eigenvalue weighted by Gasteiger charge is -2.30. The van der Waals surface area contributed by atoms with Crippen molar-refractivity contribution < 1.29 is 14.3 Å². The first-order valence-electron chi connectivity index (χ1n) is 8.12. The van der Waals surface area contributed by atoms with Crippen molar-refractivity contribution in [1.82, 2.24) is 19.7 Å². The Bertz CT molecular complexity index is 714. The van der Waals surface area contributed by atoms with Crippen LogP contribution in [0.3, 0.4) is 0 Å². The van der Waals surface area contributed by atoms with E-state index in [0.29, 0.717) is 19.7 Å². The molecule has 126 valence electrons.